The number of para-hydroxylation sites is 1. The van der Waals surface area contributed by atoms with Gasteiger partial charge in [-0.25, -0.2) is 5.43 Å². The summed E-state index contributed by atoms with van der Waals surface area (Å²) < 4.78 is 5.85. The molecule has 0 aliphatic heterocycles. The van der Waals surface area contributed by atoms with Gasteiger partial charge < -0.3 is 4.42 Å². The molecule has 1 aliphatic rings. The van der Waals surface area contributed by atoms with Crippen molar-refractivity contribution in [3.63, 3.8) is 0 Å². The third-order valence-corrected chi connectivity index (χ3v) is 3.78. The zero-order chi connectivity index (χ0) is 11.7. The third kappa shape index (κ3) is 2.08. The van der Waals surface area contributed by atoms with Crippen molar-refractivity contribution in [2.75, 3.05) is 0 Å². The van der Waals surface area contributed by atoms with Crippen molar-refractivity contribution in [1.29, 1.82) is 0 Å². The summed E-state index contributed by atoms with van der Waals surface area (Å²) >= 11 is 0. The number of benzene rings is 1. The first-order valence-corrected chi connectivity index (χ1v) is 6.31. The second-order valence-corrected chi connectivity index (χ2v) is 4.94. The second kappa shape index (κ2) is 4.51. The van der Waals surface area contributed by atoms with Gasteiger partial charge in [0.25, 0.3) is 0 Å². The summed E-state index contributed by atoms with van der Waals surface area (Å²) in [7, 11) is 0. The van der Waals surface area contributed by atoms with E-state index in [1.165, 1.54) is 19.3 Å². The van der Waals surface area contributed by atoms with Crippen LogP contribution >= 0.6 is 0 Å². The van der Waals surface area contributed by atoms with Crippen molar-refractivity contribution in [3.05, 3.63) is 36.1 Å². The van der Waals surface area contributed by atoms with Crippen LogP contribution in [-0.4, -0.2) is 0 Å². The minimum atomic E-state index is 0.146. The van der Waals surface area contributed by atoms with Crippen LogP contribution in [0.2, 0.25) is 0 Å². The molecule has 1 saturated carbocycles. The van der Waals surface area contributed by atoms with Crippen molar-refractivity contribution < 1.29 is 4.42 Å². The first-order valence-electron chi connectivity index (χ1n) is 6.31. The lowest BCUT2D eigenvalue weighted by Gasteiger charge is -2.28. The standard InChI is InChI=1S/C14H18N2O/c15-16-12(8-10-4-3-5-10)14-9-11-6-1-2-7-13(11)17-14/h1-2,6-7,9-10,12,16H,3-5,8,15H2. The Balaban J connectivity index is 1.84. The fourth-order valence-electron chi connectivity index (χ4n) is 2.50. The van der Waals surface area contributed by atoms with Gasteiger partial charge in [-0.15, -0.1) is 0 Å². The van der Waals surface area contributed by atoms with Crippen LogP contribution in [0, 0.1) is 5.92 Å². The second-order valence-electron chi connectivity index (χ2n) is 4.94. The van der Waals surface area contributed by atoms with Crippen LogP contribution in [0.4, 0.5) is 0 Å². The molecule has 1 aliphatic carbocycles. The highest BCUT2D eigenvalue weighted by molar-refractivity contribution is 5.77. The molecule has 3 heteroatoms. The van der Waals surface area contributed by atoms with Gasteiger partial charge in [-0.1, -0.05) is 37.5 Å². The van der Waals surface area contributed by atoms with Gasteiger partial charge in [-0.05, 0) is 24.5 Å². The van der Waals surface area contributed by atoms with Gasteiger partial charge in [-0.2, -0.15) is 0 Å². The van der Waals surface area contributed by atoms with Crippen molar-refractivity contribution in [3.8, 4) is 0 Å². The first-order chi connectivity index (χ1) is 8.36. The lowest BCUT2D eigenvalue weighted by Crippen LogP contribution is -2.30. The van der Waals surface area contributed by atoms with E-state index in [9.17, 15) is 0 Å². The Labute approximate surface area is 101 Å². The molecule has 1 aromatic carbocycles. The maximum atomic E-state index is 5.85. The molecular formula is C14H18N2O. The quantitative estimate of drug-likeness (QED) is 0.626. The largest absolute Gasteiger partial charge is 0.459 e. The molecule has 3 N–H and O–H groups in total. The molecule has 2 aromatic rings. The topological polar surface area (TPSA) is 51.2 Å². The fraction of sp³-hybridized carbons (Fsp3) is 0.429. The minimum absolute atomic E-state index is 0.146. The molecule has 1 fully saturated rings. The number of furan rings is 1. The van der Waals surface area contributed by atoms with Gasteiger partial charge in [0.05, 0.1) is 6.04 Å². The maximum absolute atomic E-state index is 5.85. The van der Waals surface area contributed by atoms with Gasteiger partial charge >= 0.3 is 0 Å². The van der Waals surface area contributed by atoms with E-state index in [-0.39, 0.29) is 6.04 Å². The van der Waals surface area contributed by atoms with E-state index in [0.717, 1.165) is 29.1 Å². The molecule has 17 heavy (non-hydrogen) atoms. The van der Waals surface area contributed by atoms with Gasteiger partial charge in [0, 0.05) is 5.39 Å². The minimum Gasteiger partial charge on any atom is -0.459 e. The Kier molecular flexibility index (Phi) is 2.87. The van der Waals surface area contributed by atoms with E-state index >= 15 is 0 Å². The summed E-state index contributed by atoms with van der Waals surface area (Å²) in [6, 6.07) is 10.3. The molecule has 1 unspecified atom stereocenters. The Morgan fingerprint density at radius 2 is 2.18 bits per heavy atom. The highest BCUT2D eigenvalue weighted by atomic mass is 16.3. The average molecular weight is 230 g/mol. The summed E-state index contributed by atoms with van der Waals surface area (Å²) in [5.74, 6) is 7.41. The number of hydrogen-bond donors (Lipinski definition) is 2. The lowest BCUT2D eigenvalue weighted by molar-refractivity contribution is 0.249. The van der Waals surface area contributed by atoms with E-state index in [1.54, 1.807) is 0 Å². The molecule has 0 bridgehead atoms. The SMILES string of the molecule is NNC(CC1CCC1)c1cc2ccccc2o1. The lowest BCUT2D eigenvalue weighted by atomic mass is 9.80. The van der Waals surface area contributed by atoms with E-state index in [4.69, 9.17) is 10.3 Å². The monoisotopic (exact) mass is 230 g/mol. The average Bonchev–Trinajstić information content (AvgIpc) is 2.71. The predicted octanol–water partition coefficient (Wildman–Crippen LogP) is 3.13. The van der Waals surface area contributed by atoms with E-state index in [1.807, 2.05) is 18.2 Å². The van der Waals surface area contributed by atoms with Crippen molar-refractivity contribution in [2.45, 2.75) is 31.7 Å². The van der Waals surface area contributed by atoms with Crippen LogP contribution in [0.3, 0.4) is 0 Å². The molecule has 1 aromatic heterocycles. The molecule has 0 radical (unpaired) electrons. The van der Waals surface area contributed by atoms with Crippen molar-refractivity contribution in [1.82, 2.24) is 5.43 Å². The molecule has 0 saturated heterocycles. The number of fused-ring (bicyclic) bond motifs is 1. The maximum Gasteiger partial charge on any atom is 0.134 e. The molecule has 3 rings (SSSR count). The number of hydrogen-bond acceptors (Lipinski definition) is 3. The number of nitrogens with one attached hydrogen (secondary N) is 1. The van der Waals surface area contributed by atoms with Crippen molar-refractivity contribution >= 4 is 11.0 Å². The Morgan fingerprint density at radius 3 is 2.82 bits per heavy atom. The van der Waals surface area contributed by atoms with Crippen molar-refractivity contribution in [2.24, 2.45) is 11.8 Å². The molecule has 3 nitrogen and oxygen atoms in total. The van der Waals surface area contributed by atoms with E-state index in [0.29, 0.717) is 0 Å². The van der Waals surface area contributed by atoms with Gasteiger partial charge in [-0.3, -0.25) is 5.84 Å². The van der Waals surface area contributed by atoms with E-state index < -0.39 is 0 Å². The van der Waals surface area contributed by atoms with E-state index in [2.05, 4.69) is 17.6 Å². The Bertz CT molecular complexity index is 469. The summed E-state index contributed by atoms with van der Waals surface area (Å²) in [5.41, 5.74) is 3.83. The smallest absolute Gasteiger partial charge is 0.134 e. The molecule has 1 atom stereocenters. The van der Waals surface area contributed by atoms with Crippen LogP contribution in [0.25, 0.3) is 11.0 Å². The normalized spacial score (nSPS) is 18.2. The zero-order valence-electron chi connectivity index (χ0n) is 9.86. The van der Waals surface area contributed by atoms with Gasteiger partial charge in [0.15, 0.2) is 0 Å². The summed E-state index contributed by atoms with van der Waals surface area (Å²) in [6.45, 7) is 0. The van der Waals surface area contributed by atoms with Crippen LogP contribution in [0.5, 0.6) is 0 Å². The molecule has 90 valence electrons. The summed E-state index contributed by atoms with van der Waals surface area (Å²) in [6.07, 6.45) is 5.11. The fourth-order valence-corrected chi connectivity index (χ4v) is 2.50. The Hall–Kier alpha value is -1.32. The van der Waals surface area contributed by atoms with Crippen LogP contribution in [0.1, 0.15) is 37.5 Å². The summed E-state index contributed by atoms with van der Waals surface area (Å²) in [5, 5.41) is 1.15. The molecule has 0 spiro atoms. The number of rotatable bonds is 4. The predicted molar refractivity (Wildman–Crippen MR) is 68.2 cm³/mol. The highest BCUT2D eigenvalue weighted by Crippen LogP contribution is 2.35. The van der Waals surface area contributed by atoms with Gasteiger partial charge in [0.2, 0.25) is 0 Å². The Morgan fingerprint density at radius 1 is 1.35 bits per heavy atom. The first kappa shape index (κ1) is 10.8. The van der Waals surface area contributed by atoms with Crippen LogP contribution in [0.15, 0.2) is 34.7 Å². The van der Waals surface area contributed by atoms with Crippen LogP contribution < -0.4 is 11.3 Å². The summed E-state index contributed by atoms with van der Waals surface area (Å²) in [4.78, 5) is 0. The molecule has 0 amide bonds. The highest BCUT2D eigenvalue weighted by Gasteiger charge is 2.24. The number of nitrogens with two attached hydrogens (primary N) is 1. The van der Waals surface area contributed by atoms with Crippen LogP contribution in [-0.2, 0) is 0 Å². The molecular weight excluding hydrogens is 212 g/mol. The zero-order valence-corrected chi connectivity index (χ0v) is 9.86. The third-order valence-electron chi connectivity index (χ3n) is 3.78. The number of hydrazine groups is 1. The van der Waals surface area contributed by atoms with Gasteiger partial charge in [0.1, 0.15) is 11.3 Å². The molecule has 1 heterocycles.